The summed E-state index contributed by atoms with van der Waals surface area (Å²) in [4.78, 5) is 25.7. The normalized spacial score (nSPS) is 20.7. The van der Waals surface area contributed by atoms with E-state index in [0.717, 1.165) is 0 Å². The largest absolute Gasteiger partial charge is 0.481 e. The maximum Gasteiger partial charge on any atom is 0.308 e. The number of carboxylic acids is 1. The van der Waals surface area contributed by atoms with Crippen molar-refractivity contribution in [2.75, 3.05) is 6.54 Å². The van der Waals surface area contributed by atoms with Crippen molar-refractivity contribution in [2.24, 2.45) is 5.92 Å². The van der Waals surface area contributed by atoms with Crippen LogP contribution in [0.5, 0.6) is 0 Å². The van der Waals surface area contributed by atoms with Crippen LogP contribution in [-0.4, -0.2) is 54.7 Å². The summed E-state index contributed by atoms with van der Waals surface area (Å²) < 4.78 is 1.37. The molecule has 1 fully saturated rings. The fourth-order valence-corrected chi connectivity index (χ4v) is 3.03. The second kappa shape index (κ2) is 5.96. The van der Waals surface area contributed by atoms with Gasteiger partial charge in [-0.15, -0.1) is 5.10 Å². The van der Waals surface area contributed by atoms with Crippen LogP contribution < -0.4 is 0 Å². The lowest BCUT2D eigenvalue weighted by atomic mass is 10.0. The molecule has 1 N–H and O–H groups in total. The Morgan fingerprint density at radius 1 is 1.39 bits per heavy atom. The second-order valence-electron chi connectivity index (χ2n) is 5.39. The number of aliphatic carboxylic acids is 1. The third kappa shape index (κ3) is 2.77. The first-order valence-corrected chi connectivity index (χ1v) is 7.43. The Bertz CT molecular complexity index is 749. The molecule has 2 atom stereocenters. The molecule has 2 heterocycles. The quantitative estimate of drug-likeness (QED) is 0.905. The Kier molecular flexibility index (Phi) is 3.99. The van der Waals surface area contributed by atoms with E-state index in [2.05, 4.69) is 15.5 Å². The number of hydrogen-bond donors (Lipinski definition) is 1. The van der Waals surface area contributed by atoms with E-state index in [1.807, 2.05) is 0 Å². The lowest BCUT2D eigenvalue weighted by molar-refractivity contribution is -0.142. The van der Waals surface area contributed by atoms with Crippen LogP contribution in [0.1, 0.15) is 23.7 Å². The first kappa shape index (κ1) is 15.4. The molecule has 0 radical (unpaired) electrons. The van der Waals surface area contributed by atoms with Crippen LogP contribution in [0.4, 0.5) is 0 Å². The summed E-state index contributed by atoms with van der Waals surface area (Å²) in [5.74, 6) is -1.73. The zero-order chi connectivity index (χ0) is 16.6. The number of benzene rings is 1. The number of carbonyl (C=O) groups is 2. The molecule has 1 saturated heterocycles. The minimum atomic E-state index is -0.889. The van der Waals surface area contributed by atoms with Gasteiger partial charge in [-0.05, 0) is 42.0 Å². The summed E-state index contributed by atoms with van der Waals surface area (Å²) in [5, 5.41) is 20.5. The van der Waals surface area contributed by atoms with Crippen molar-refractivity contribution < 1.29 is 14.7 Å². The van der Waals surface area contributed by atoms with Gasteiger partial charge in [-0.3, -0.25) is 9.59 Å². The Hall–Kier alpha value is -2.48. The van der Waals surface area contributed by atoms with Crippen molar-refractivity contribution >= 4 is 23.5 Å². The summed E-state index contributed by atoms with van der Waals surface area (Å²) in [7, 11) is 0. The van der Waals surface area contributed by atoms with Gasteiger partial charge in [-0.1, -0.05) is 11.6 Å². The van der Waals surface area contributed by atoms with Gasteiger partial charge in [0.05, 0.1) is 17.2 Å². The van der Waals surface area contributed by atoms with Crippen molar-refractivity contribution in [3.05, 3.63) is 35.1 Å². The molecule has 0 aliphatic carbocycles. The summed E-state index contributed by atoms with van der Waals surface area (Å²) in [5.41, 5.74) is 0.832. The van der Waals surface area contributed by atoms with Crippen molar-refractivity contribution in [1.29, 1.82) is 0 Å². The standard InChI is InChI=1S/C14H14ClN5O3/c1-8-10(14(22)23)4-5-19(8)13(21)11-6-9(15)2-3-12(11)20-7-16-17-18-20/h2-3,6-8,10H,4-5H2,1H3,(H,22,23). The Morgan fingerprint density at radius 2 is 2.17 bits per heavy atom. The fourth-order valence-electron chi connectivity index (χ4n) is 2.86. The van der Waals surface area contributed by atoms with Gasteiger partial charge in [0.15, 0.2) is 0 Å². The minimum absolute atomic E-state index is 0.283. The monoisotopic (exact) mass is 335 g/mol. The predicted molar refractivity (Wildman–Crippen MR) is 80.4 cm³/mol. The molecule has 3 rings (SSSR count). The molecule has 1 amide bonds. The Balaban J connectivity index is 1.97. The van der Waals surface area contributed by atoms with E-state index in [9.17, 15) is 14.7 Å². The number of hydrogen-bond acceptors (Lipinski definition) is 5. The molecule has 1 aromatic heterocycles. The zero-order valence-electron chi connectivity index (χ0n) is 12.3. The maximum atomic E-state index is 12.9. The second-order valence-corrected chi connectivity index (χ2v) is 5.82. The molecule has 2 unspecified atom stereocenters. The molecule has 0 spiro atoms. The van der Waals surface area contributed by atoms with E-state index in [4.69, 9.17) is 11.6 Å². The Morgan fingerprint density at radius 3 is 2.78 bits per heavy atom. The summed E-state index contributed by atoms with van der Waals surface area (Å²) in [6.45, 7) is 2.13. The maximum absolute atomic E-state index is 12.9. The lowest BCUT2D eigenvalue weighted by Crippen LogP contribution is -2.38. The minimum Gasteiger partial charge on any atom is -0.481 e. The van der Waals surface area contributed by atoms with Gasteiger partial charge >= 0.3 is 5.97 Å². The summed E-state index contributed by atoms with van der Waals surface area (Å²) in [6.07, 6.45) is 1.82. The van der Waals surface area contributed by atoms with E-state index in [-0.39, 0.29) is 11.9 Å². The first-order chi connectivity index (χ1) is 11.0. The molecular weight excluding hydrogens is 322 g/mol. The molecule has 0 saturated carbocycles. The summed E-state index contributed by atoms with van der Waals surface area (Å²) >= 11 is 6.02. The van der Waals surface area contributed by atoms with Crippen LogP contribution >= 0.6 is 11.6 Å². The number of tetrazole rings is 1. The Labute approximate surface area is 136 Å². The molecule has 0 bridgehead atoms. The number of rotatable bonds is 3. The number of halogens is 1. The average Bonchev–Trinajstić information content (AvgIpc) is 3.16. The highest BCUT2D eigenvalue weighted by molar-refractivity contribution is 6.31. The van der Waals surface area contributed by atoms with Crippen molar-refractivity contribution in [3.63, 3.8) is 0 Å². The number of carbonyl (C=O) groups excluding carboxylic acids is 1. The van der Waals surface area contributed by atoms with E-state index in [1.54, 1.807) is 30.0 Å². The highest BCUT2D eigenvalue weighted by atomic mass is 35.5. The van der Waals surface area contributed by atoms with Gasteiger partial charge in [0.2, 0.25) is 0 Å². The number of likely N-dealkylation sites (tertiary alicyclic amines) is 1. The third-order valence-corrected chi connectivity index (χ3v) is 4.35. The van der Waals surface area contributed by atoms with Crippen molar-refractivity contribution in [1.82, 2.24) is 25.1 Å². The van der Waals surface area contributed by atoms with Gasteiger partial charge in [-0.25, -0.2) is 0 Å². The van der Waals surface area contributed by atoms with Gasteiger partial charge in [0.25, 0.3) is 5.91 Å². The van der Waals surface area contributed by atoms with Crippen molar-refractivity contribution in [3.8, 4) is 5.69 Å². The molecule has 8 nitrogen and oxygen atoms in total. The molecule has 2 aromatic rings. The van der Waals surface area contributed by atoms with Crippen LogP contribution in [0.15, 0.2) is 24.5 Å². The highest BCUT2D eigenvalue weighted by Crippen LogP contribution is 2.28. The van der Waals surface area contributed by atoms with E-state index >= 15 is 0 Å². The van der Waals surface area contributed by atoms with Crippen molar-refractivity contribution in [2.45, 2.75) is 19.4 Å². The third-order valence-electron chi connectivity index (χ3n) is 4.12. The SMILES string of the molecule is CC1C(C(=O)O)CCN1C(=O)c1cc(Cl)ccc1-n1cnnn1. The molecule has 120 valence electrons. The highest BCUT2D eigenvalue weighted by Gasteiger charge is 2.39. The number of aromatic nitrogens is 4. The van der Waals surface area contributed by atoms with Crippen LogP contribution in [0.3, 0.4) is 0 Å². The van der Waals surface area contributed by atoms with Gasteiger partial charge in [0.1, 0.15) is 6.33 Å². The van der Waals surface area contributed by atoms with Crippen LogP contribution in [-0.2, 0) is 4.79 Å². The summed E-state index contributed by atoms with van der Waals surface area (Å²) in [6, 6.07) is 4.45. The average molecular weight is 336 g/mol. The topological polar surface area (TPSA) is 101 Å². The molecule has 1 aromatic carbocycles. The lowest BCUT2D eigenvalue weighted by Gasteiger charge is -2.24. The van der Waals surface area contributed by atoms with Gasteiger partial charge < -0.3 is 10.0 Å². The van der Waals surface area contributed by atoms with Crippen LogP contribution in [0.25, 0.3) is 5.69 Å². The zero-order valence-corrected chi connectivity index (χ0v) is 13.0. The van der Waals surface area contributed by atoms with E-state index in [0.29, 0.717) is 29.2 Å². The van der Waals surface area contributed by atoms with Gasteiger partial charge in [-0.2, -0.15) is 4.68 Å². The van der Waals surface area contributed by atoms with Crippen LogP contribution in [0.2, 0.25) is 5.02 Å². The molecular formula is C14H14ClN5O3. The predicted octanol–water partition coefficient (Wildman–Crippen LogP) is 1.25. The van der Waals surface area contributed by atoms with Gasteiger partial charge in [0, 0.05) is 17.6 Å². The molecule has 9 heteroatoms. The number of amides is 1. The van der Waals surface area contributed by atoms with E-state index in [1.165, 1.54) is 11.0 Å². The molecule has 23 heavy (non-hydrogen) atoms. The number of nitrogens with zero attached hydrogens (tertiary/aromatic N) is 5. The first-order valence-electron chi connectivity index (χ1n) is 7.05. The van der Waals surface area contributed by atoms with E-state index < -0.39 is 11.9 Å². The fraction of sp³-hybridized carbons (Fsp3) is 0.357. The smallest absolute Gasteiger partial charge is 0.308 e. The molecule has 1 aliphatic rings. The number of carboxylic acid groups (broad SMARTS) is 1. The van der Waals surface area contributed by atoms with Crippen LogP contribution in [0, 0.1) is 5.92 Å². The molecule has 1 aliphatic heterocycles.